The molecule has 3 N–H and O–H groups in total. The van der Waals surface area contributed by atoms with Crippen molar-refractivity contribution in [1.82, 2.24) is 0 Å². The number of fused-ring (bicyclic) bond motifs is 5. The van der Waals surface area contributed by atoms with Crippen molar-refractivity contribution in [3.05, 3.63) is 11.6 Å². The summed E-state index contributed by atoms with van der Waals surface area (Å²) in [4.78, 5) is 0. The standard InChI is InChI=1S/C25H43NO/c1-23(2,26)13-5-6-17-8-10-21-20-9-7-18-16-19(27)11-14-25(18,4)22(20)12-15-24(17,21)3/h7,17,19-22,27H,5-6,8-16,26H2,1-4H3/t17?,19?,20?,21?,22?,24-,25+/m1/s1. The molecule has 0 radical (unpaired) electrons. The number of nitrogens with two attached hydrogens (primary N) is 1. The molecule has 0 aromatic rings. The van der Waals surface area contributed by atoms with Gasteiger partial charge < -0.3 is 10.8 Å². The average molecular weight is 374 g/mol. The summed E-state index contributed by atoms with van der Waals surface area (Å²) in [6.45, 7) is 9.53. The minimum absolute atomic E-state index is 0.0126. The third-order valence-electron chi connectivity index (χ3n) is 9.65. The highest BCUT2D eigenvalue weighted by Gasteiger charge is 2.58. The average Bonchev–Trinajstić information content (AvgIpc) is 2.91. The van der Waals surface area contributed by atoms with E-state index in [1.807, 2.05) is 0 Å². The summed E-state index contributed by atoms with van der Waals surface area (Å²) in [7, 11) is 0. The molecule has 2 heteroatoms. The summed E-state index contributed by atoms with van der Waals surface area (Å²) in [5.74, 6) is 3.60. The van der Waals surface area contributed by atoms with Crippen LogP contribution < -0.4 is 5.73 Å². The molecule has 3 fully saturated rings. The lowest BCUT2D eigenvalue weighted by molar-refractivity contribution is -0.0509. The van der Waals surface area contributed by atoms with Crippen molar-refractivity contribution in [2.45, 2.75) is 110 Å². The van der Waals surface area contributed by atoms with Crippen molar-refractivity contribution in [3.8, 4) is 0 Å². The van der Waals surface area contributed by atoms with Gasteiger partial charge >= 0.3 is 0 Å². The van der Waals surface area contributed by atoms with E-state index in [2.05, 4.69) is 33.8 Å². The lowest BCUT2D eigenvalue weighted by atomic mass is 9.47. The minimum Gasteiger partial charge on any atom is -0.393 e. The van der Waals surface area contributed by atoms with Gasteiger partial charge in [-0.3, -0.25) is 0 Å². The molecule has 0 amide bonds. The number of hydrogen-bond acceptors (Lipinski definition) is 2. The van der Waals surface area contributed by atoms with E-state index in [9.17, 15) is 5.11 Å². The second-order valence-corrected chi connectivity index (χ2v) is 11.9. The molecule has 0 aliphatic heterocycles. The van der Waals surface area contributed by atoms with Gasteiger partial charge in [-0.25, -0.2) is 0 Å². The number of hydrogen-bond donors (Lipinski definition) is 2. The first-order valence-electron chi connectivity index (χ1n) is 11.8. The van der Waals surface area contributed by atoms with Gasteiger partial charge in [0.2, 0.25) is 0 Å². The van der Waals surface area contributed by atoms with E-state index in [4.69, 9.17) is 5.73 Å². The maximum absolute atomic E-state index is 10.2. The Kier molecular flexibility index (Phi) is 5.08. The second-order valence-electron chi connectivity index (χ2n) is 11.9. The van der Waals surface area contributed by atoms with Crippen LogP contribution in [0, 0.1) is 34.5 Å². The van der Waals surface area contributed by atoms with Crippen molar-refractivity contribution >= 4 is 0 Å². The Morgan fingerprint density at radius 2 is 1.89 bits per heavy atom. The van der Waals surface area contributed by atoms with Crippen molar-refractivity contribution in [2.24, 2.45) is 40.2 Å². The molecule has 0 aromatic carbocycles. The van der Waals surface area contributed by atoms with Crippen molar-refractivity contribution in [1.29, 1.82) is 0 Å². The van der Waals surface area contributed by atoms with Crippen LogP contribution in [0.5, 0.6) is 0 Å². The van der Waals surface area contributed by atoms with Crippen LogP contribution in [0.15, 0.2) is 11.6 Å². The molecule has 0 bridgehead atoms. The third-order valence-corrected chi connectivity index (χ3v) is 9.65. The summed E-state index contributed by atoms with van der Waals surface area (Å²) >= 11 is 0. The van der Waals surface area contributed by atoms with Crippen LogP contribution in [0.25, 0.3) is 0 Å². The molecule has 2 nitrogen and oxygen atoms in total. The maximum Gasteiger partial charge on any atom is 0.0577 e. The van der Waals surface area contributed by atoms with Gasteiger partial charge in [-0.15, -0.1) is 0 Å². The van der Waals surface area contributed by atoms with E-state index in [1.165, 1.54) is 51.4 Å². The van der Waals surface area contributed by atoms with Crippen LogP contribution in [-0.2, 0) is 0 Å². The quantitative estimate of drug-likeness (QED) is 0.609. The smallest absolute Gasteiger partial charge is 0.0577 e. The molecule has 27 heavy (non-hydrogen) atoms. The highest BCUT2D eigenvalue weighted by Crippen LogP contribution is 2.66. The fourth-order valence-electron chi connectivity index (χ4n) is 8.03. The highest BCUT2D eigenvalue weighted by molar-refractivity contribution is 5.25. The Bertz CT molecular complexity index is 590. The summed E-state index contributed by atoms with van der Waals surface area (Å²) in [6, 6.07) is 0. The first-order chi connectivity index (χ1) is 12.6. The summed E-state index contributed by atoms with van der Waals surface area (Å²) in [5, 5.41) is 10.2. The van der Waals surface area contributed by atoms with Gasteiger partial charge in [0.25, 0.3) is 0 Å². The zero-order valence-corrected chi connectivity index (χ0v) is 18.3. The molecule has 0 spiro atoms. The maximum atomic E-state index is 10.2. The number of rotatable bonds is 4. The van der Waals surface area contributed by atoms with E-state index in [-0.39, 0.29) is 11.6 Å². The number of allylic oxidation sites excluding steroid dienone is 1. The van der Waals surface area contributed by atoms with Crippen molar-refractivity contribution in [2.75, 3.05) is 0 Å². The van der Waals surface area contributed by atoms with Crippen LogP contribution in [0.4, 0.5) is 0 Å². The highest BCUT2D eigenvalue weighted by atomic mass is 16.3. The Balaban J connectivity index is 1.49. The molecule has 0 heterocycles. The van der Waals surface area contributed by atoms with Crippen molar-refractivity contribution in [3.63, 3.8) is 0 Å². The zero-order chi connectivity index (χ0) is 19.4. The molecular weight excluding hydrogens is 330 g/mol. The Morgan fingerprint density at radius 1 is 1.11 bits per heavy atom. The summed E-state index contributed by atoms with van der Waals surface area (Å²) < 4.78 is 0. The van der Waals surface area contributed by atoms with Crippen LogP contribution in [-0.4, -0.2) is 16.7 Å². The molecule has 7 atom stereocenters. The lowest BCUT2D eigenvalue weighted by Gasteiger charge is -2.58. The lowest BCUT2D eigenvalue weighted by Crippen LogP contribution is -2.50. The van der Waals surface area contributed by atoms with E-state index in [0.717, 1.165) is 42.9 Å². The van der Waals surface area contributed by atoms with E-state index >= 15 is 0 Å². The molecule has 0 aromatic heterocycles. The van der Waals surface area contributed by atoms with Crippen LogP contribution in [0.3, 0.4) is 0 Å². The van der Waals surface area contributed by atoms with E-state index in [0.29, 0.717) is 10.8 Å². The topological polar surface area (TPSA) is 46.2 Å². The molecule has 154 valence electrons. The third kappa shape index (κ3) is 3.44. The molecule has 5 unspecified atom stereocenters. The fourth-order valence-corrected chi connectivity index (χ4v) is 8.03. The minimum atomic E-state index is -0.0858. The normalized spacial score (nSPS) is 47.0. The summed E-state index contributed by atoms with van der Waals surface area (Å²) in [5.41, 5.74) is 8.77. The summed E-state index contributed by atoms with van der Waals surface area (Å²) in [6.07, 6.45) is 16.5. The van der Waals surface area contributed by atoms with Gasteiger partial charge in [-0.1, -0.05) is 31.9 Å². The molecule has 4 rings (SSSR count). The van der Waals surface area contributed by atoms with Crippen LogP contribution in [0.2, 0.25) is 0 Å². The van der Waals surface area contributed by atoms with Gasteiger partial charge in [0.1, 0.15) is 0 Å². The molecule has 3 saturated carbocycles. The fraction of sp³-hybridized carbons (Fsp3) is 0.920. The Labute approximate surface area is 167 Å². The second kappa shape index (κ2) is 6.87. The Morgan fingerprint density at radius 3 is 2.63 bits per heavy atom. The van der Waals surface area contributed by atoms with Gasteiger partial charge in [0.15, 0.2) is 0 Å². The van der Waals surface area contributed by atoms with Gasteiger partial charge in [-0.2, -0.15) is 0 Å². The monoisotopic (exact) mass is 373 g/mol. The molecule has 4 aliphatic carbocycles. The predicted octanol–water partition coefficient (Wildman–Crippen LogP) is 5.83. The molecule has 0 saturated heterocycles. The van der Waals surface area contributed by atoms with E-state index in [1.54, 1.807) is 5.57 Å². The van der Waals surface area contributed by atoms with Gasteiger partial charge in [-0.05, 0) is 113 Å². The van der Waals surface area contributed by atoms with E-state index < -0.39 is 0 Å². The molecular formula is C25H43NO. The van der Waals surface area contributed by atoms with Gasteiger partial charge in [0, 0.05) is 5.54 Å². The van der Waals surface area contributed by atoms with Gasteiger partial charge in [0.05, 0.1) is 6.10 Å². The first kappa shape index (κ1) is 20.0. The van der Waals surface area contributed by atoms with Crippen molar-refractivity contribution < 1.29 is 5.11 Å². The Hall–Kier alpha value is -0.340. The molecule has 4 aliphatic rings. The number of aliphatic hydroxyl groups is 1. The van der Waals surface area contributed by atoms with Crippen LogP contribution in [0.1, 0.15) is 98.3 Å². The largest absolute Gasteiger partial charge is 0.393 e. The first-order valence-corrected chi connectivity index (χ1v) is 11.8. The van der Waals surface area contributed by atoms with Crippen LogP contribution >= 0.6 is 0 Å². The number of aliphatic hydroxyl groups excluding tert-OH is 1. The SMILES string of the molecule is CC(C)(N)CCCC1CCC2C3CC=C4CC(O)CC[C@]4(C)C3CC[C@]12C. The predicted molar refractivity (Wildman–Crippen MR) is 113 cm³/mol. The zero-order valence-electron chi connectivity index (χ0n) is 18.3.